The van der Waals surface area contributed by atoms with Crippen molar-refractivity contribution in [3.63, 3.8) is 0 Å². The third-order valence-corrected chi connectivity index (χ3v) is 2.18. The summed E-state index contributed by atoms with van der Waals surface area (Å²) in [7, 11) is 0. The molecule has 0 radical (unpaired) electrons. The van der Waals surface area contributed by atoms with Crippen molar-refractivity contribution in [1.29, 1.82) is 0 Å². The first-order valence-electron chi connectivity index (χ1n) is 5.61. The lowest BCUT2D eigenvalue weighted by atomic mass is 10.1. The Morgan fingerprint density at radius 3 is 2.80 bits per heavy atom. The van der Waals surface area contributed by atoms with E-state index < -0.39 is 0 Å². The summed E-state index contributed by atoms with van der Waals surface area (Å²) in [5.41, 5.74) is 1.16. The number of rotatable bonds is 7. The van der Waals surface area contributed by atoms with Crippen LogP contribution in [0.25, 0.3) is 0 Å². The summed E-state index contributed by atoms with van der Waals surface area (Å²) in [6, 6.07) is 2.22. The van der Waals surface area contributed by atoms with E-state index in [0.29, 0.717) is 6.61 Å². The fourth-order valence-corrected chi connectivity index (χ4v) is 1.35. The fourth-order valence-electron chi connectivity index (χ4n) is 1.35. The molecule has 0 fully saturated rings. The molecule has 3 heteroatoms. The SMILES string of the molecule is CCCNC(COC(C)C)c1ccoc1. The third kappa shape index (κ3) is 4.49. The van der Waals surface area contributed by atoms with E-state index in [0.717, 1.165) is 18.5 Å². The summed E-state index contributed by atoms with van der Waals surface area (Å²) in [5, 5.41) is 3.44. The van der Waals surface area contributed by atoms with Gasteiger partial charge >= 0.3 is 0 Å². The fraction of sp³-hybridized carbons (Fsp3) is 0.667. The van der Waals surface area contributed by atoms with Crippen LogP contribution in [-0.4, -0.2) is 19.3 Å². The number of nitrogens with one attached hydrogen (secondary N) is 1. The molecule has 1 unspecified atom stereocenters. The third-order valence-electron chi connectivity index (χ3n) is 2.18. The van der Waals surface area contributed by atoms with E-state index >= 15 is 0 Å². The van der Waals surface area contributed by atoms with Gasteiger partial charge in [-0.1, -0.05) is 6.92 Å². The molecular weight excluding hydrogens is 190 g/mol. The van der Waals surface area contributed by atoms with Crippen LogP contribution in [-0.2, 0) is 4.74 Å². The molecule has 0 aliphatic rings. The van der Waals surface area contributed by atoms with Crippen LogP contribution in [0.3, 0.4) is 0 Å². The van der Waals surface area contributed by atoms with E-state index in [1.807, 2.05) is 19.9 Å². The van der Waals surface area contributed by atoms with Crippen LogP contribution in [0.4, 0.5) is 0 Å². The highest BCUT2D eigenvalue weighted by Gasteiger charge is 2.12. The van der Waals surface area contributed by atoms with Gasteiger partial charge in [0.15, 0.2) is 0 Å². The number of hydrogen-bond acceptors (Lipinski definition) is 3. The van der Waals surface area contributed by atoms with Crippen molar-refractivity contribution >= 4 is 0 Å². The Balaban J connectivity index is 2.46. The standard InChI is InChI=1S/C12H21NO2/c1-4-6-13-12(9-15-10(2)3)11-5-7-14-8-11/h5,7-8,10,12-13H,4,6,9H2,1-3H3. The average molecular weight is 211 g/mol. The smallest absolute Gasteiger partial charge is 0.0951 e. The van der Waals surface area contributed by atoms with Gasteiger partial charge in [-0.25, -0.2) is 0 Å². The van der Waals surface area contributed by atoms with E-state index in [1.165, 1.54) is 0 Å². The molecule has 1 atom stereocenters. The van der Waals surface area contributed by atoms with Gasteiger partial charge in [0.2, 0.25) is 0 Å². The second kappa shape index (κ2) is 6.64. The molecule has 86 valence electrons. The van der Waals surface area contributed by atoms with E-state index in [9.17, 15) is 0 Å². The van der Waals surface area contributed by atoms with Crippen LogP contribution < -0.4 is 5.32 Å². The lowest BCUT2D eigenvalue weighted by Gasteiger charge is -2.18. The zero-order valence-electron chi connectivity index (χ0n) is 9.82. The molecule has 1 heterocycles. The Kier molecular flexibility index (Phi) is 5.43. The van der Waals surface area contributed by atoms with Crippen molar-refractivity contribution in [2.75, 3.05) is 13.2 Å². The van der Waals surface area contributed by atoms with Crippen LogP contribution in [0.5, 0.6) is 0 Å². The van der Waals surface area contributed by atoms with Crippen LogP contribution in [0.15, 0.2) is 23.0 Å². The Labute approximate surface area is 91.8 Å². The van der Waals surface area contributed by atoms with Gasteiger partial charge < -0.3 is 14.5 Å². The van der Waals surface area contributed by atoms with E-state index in [-0.39, 0.29) is 12.1 Å². The molecule has 1 N–H and O–H groups in total. The van der Waals surface area contributed by atoms with Crippen LogP contribution in [0.2, 0.25) is 0 Å². The Morgan fingerprint density at radius 1 is 1.47 bits per heavy atom. The van der Waals surface area contributed by atoms with Crippen LogP contribution in [0.1, 0.15) is 38.8 Å². The molecule has 0 amide bonds. The van der Waals surface area contributed by atoms with Gasteiger partial charge in [-0.3, -0.25) is 0 Å². The normalized spacial score (nSPS) is 13.3. The second-order valence-corrected chi connectivity index (χ2v) is 3.95. The molecule has 0 aromatic carbocycles. The molecule has 0 aliphatic heterocycles. The lowest BCUT2D eigenvalue weighted by Crippen LogP contribution is -2.27. The summed E-state index contributed by atoms with van der Waals surface area (Å²) < 4.78 is 10.7. The predicted molar refractivity (Wildman–Crippen MR) is 60.8 cm³/mol. The summed E-state index contributed by atoms with van der Waals surface area (Å²) in [6.07, 6.45) is 4.86. The molecule has 1 aromatic heterocycles. The molecule has 0 spiro atoms. The molecule has 0 saturated heterocycles. The van der Waals surface area contributed by atoms with Gasteiger partial charge in [-0.2, -0.15) is 0 Å². The minimum Gasteiger partial charge on any atom is -0.472 e. The molecular formula is C12H21NO2. The molecule has 15 heavy (non-hydrogen) atoms. The lowest BCUT2D eigenvalue weighted by molar-refractivity contribution is 0.0610. The molecule has 0 bridgehead atoms. The van der Waals surface area contributed by atoms with Crippen molar-refractivity contribution in [3.05, 3.63) is 24.2 Å². The molecule has 0 saturated carbocycles. The Hall–Kier alpha value is -0.800. The molecule has 1 rings (SSSR count). The van der Waals surface area contributed by atoms with Gasteiger partial charge in [-0.15, -0.1) is 0 Å². The first-order chi connectivity index (χ1) is 7.24. The van der Waals surface area contributed by atoms with E-state index in [1.54, 1.807) is 12.5 Å². The first-order valence-corrected chi connectivity index (χ1v) is 5.61. The minimum absolute atomic E-state index is 0.242. The zero-order valence-corrected chi connectivity index (χ0v) is 9.82. The average Bonchev–Trinajstić information content (AvgIpc) is 2.71. The van der Waals surface area contributed by atoms with E-state index in [2.05, 4.69) is 12.2 Å². The molecule has 1 aromatic rings. The summed E-state index contributed by atoms with van der Waals surface area (Å²) in [4.78, 5) is 0. The van der Waals surface area contributed by atoms with Crippen molar-refractivity contribution < 1.29 is 9.15 Å². The predicted octanol–water partition coefficient (Wildman–Crippen LogP) is 2.75. The quantitative estimate of drug-likeness (QED) is 0.753. The zero-order chi connectivity index (χ0) is 11.1. The Bertz CT molecular complexity index is 244. The maximum atomic E-state index is 5.62. The molecule has 3 nitrogen and oxygen atoms in total. The highest BCUT2D eigenvalue weighted by atomic mass is 16.5. The first kappa shape index (κ1) is 12.3. The summed E-state index contributed by atoms with van der Waals surface area (Å²) in [5.74, 6) is 0. The van der Waals surface area contributed by atoms with E-state index in [4.69, 9.17) is 9.15 Å². The number of furan rings is 1. The van der Waals surface area contributed by atoms with Gasteiger partial charge in [0, 0.05) is 5.56 Å². The minimum atomic E-state index is 0.242. The van der Waals surface area contributed by atoms with Crippen LogP contribution >= 0.6 is 0 Å². The van der Waals surface area contributed by atoms with Crippen molar-refractivity contribution in [1.82, 2.24) is 5.32 Å². The highest BCUT2D eigenvalue weighted by molar-refractivity contribution is 5.11. The monoisotopic (exact) mass is 211 g/mol. The number of hydrogen-bond donors (Lipinski definition) is 1. The van der Waals surface area contributed by atoms with Gasteiger partial charge in [-0.05, 0) is 32.9 Å². The van der Waals surface area contributed by atoms with Gasteiger partial charge in [0.05, 0.1) is 31.3 Å². The second-order valence-electron chi connectivity index (χ2n) is 3.95. The Morgan fingerprint density at radius 2 is 2.27 bits per heavy atom. The maximum absolute atomic E-state index is 5.62. The number of ether oxygens (including phenoxy) is 1. The molecule has 0 aliphatic carbocycles. The van der Waals surface area contributed by atoms with Gasteiger partial charge in [0.25, 0.3) is 0 Å². The summed E-state index contributed by atoms with van der Waals surface area (Å²) in [6.45, 7) is 7.94. The summed E-state index contributed by atoms with van der Waals surface area (Å²) >= 11 is 0. The van der Waals surface area contributed by atoms with Crippen molar-refractivity contribution in [2.24, 2.45) is 0 Å². The maximum Gasteiger partial charge on any atom is 0.0951 e. The topological polar surface area (TPSA) is 34.4 Å². The van der Waals surface area contributed by atoms with Crippen molar-refractivity contribution in [3.8, 4) is 0 Å². The largest absolute Gasteiger partial charge is 0.472 e. The van der Waals surface area contributed by atoms with Crippen LogP contribution in [0, 0.1) is 0 Å². The van der Waals surface area contributed by atoms with Gasteiger partial charge in [0.1, 0.15) is 0 Å². The van der Waals surface area contributed by atoms with Crippen molar-refractivity contribution in [2.45, 2.75) is 39.3 Å². The highest BCUT2D eigenvalue weighted by Crippen LogP contribution is 2.14.